The summed E-state index contributed by atoms with van der Waals surface area (Å²) < 4.78 is 5.40. The lowest BCUT2D eigenvalue weighted by Crippen LogP contribution is -2.41. The Morgan fingerprint density at radius 2 is 1.95 bits per heavy atom. The fourth-order valence-electron chi connectivity index (χ4n) is 2.55. The highest BCUT2D eigenvalue weighted by atomic mass is 16.5. The maximum absolute atomic E-state index is 5.40. The summed E-state index contributed by atoms with van der Waals surface area (Å²) in [6, 6.07) is 0. The second kappa shape index (κ2) is 5.43. The third-order valence-electron chi connectivity index (χ3n) is 4.02. The van der Waals surface area contributed by atoms with E-state index in [2.05, 4.69) is 20.2 Å². The Bertz CT molecular complexity index is 410. The molecule has 0 radical (unpaired) electrons. The molecule has 0 unspecified atom stereocenters. The van der Waals surface area contributed by atoms with Gasteiger partial charge in [-0.25, -0.2) is 9.97 Å². The highest BCUT2D eigenvalue weighted by molar-refractivity contribution is 5.25. The standard InChI is InChI=1S/C14H22N4O/c1-12-8-15-13(16-9-12)17-10-14(2-3-14)11-18-4-6-19-7-5-18/h8-9H,2-7,10-11H2,1H3,(H,15,16,17). The van der Waals surface area contributed by atoms with Gasteiger partial charge in [0.15, 0.2) is 0 Å². The molecule has 3 rings (SSSR count). The van der Waals surface area contributed by atoms with Gasteiger partial charge in [-0.1, -0.05) is 0 Å². The molecule has 0 spiro atoms. The molecule has 2 heterocycles. The number of morpholine rings is 1. The van der Waals surface area contributed by atoms with Crippen molar-refractivity contribution in [3.8, 4) is 0 Å². The molecule has 1 aliphatic carbocycles. The van der Waals surface area contributed by atoms with Gasteiger partial charge < -0.3 is 10.1 Å². The van der Waals surface area contributed by atoms with E-state index in [1.165, 1.54) is 19.4 Å². The molecule has 104 valence electrons. The van der Waals surface area contributed by atoms with Gasteiger partial charge in [0, 0.05) is 44.0 Å². The molecule has 1 saturated heterocycles. The fourth-order valence-corrected chi connectivity index (χ4v) is 2.55. The number of aromatic nitrogens is 2. The van der Waals surface area contributed by atoms with Gasteiger partial charge in [0.25, 0.3) is 0 Å². The summed E-state index contributed by atoms with van der Waals surface area (Å²) in [7, 11) is 0. The number of ether oxygens (including phenoxy) is 1. The van der Waals surface area contributed by atoms with E-state index >= 15 is 0 Å². The zero-order valence-corrected chi connectivity index (χ0v) is 11.6. The fraction of sp³-hybridized carbons (Fsp3) is 0.714. The molecule has 2 aliphatic rings. The van der Waals surface area contributed by atoms with Gasteiger partial charge in [-0.15, -0.1) is 0 Å². The Labute approximate surface area is 114 Å². The lowest BCUT2D eigenvalue weighted by atomic mass is 10.1. The first-order valence-corrected chi connectivity index (χ1v) is 7.08. The maximum atomic E-state index is 5.40. The van der Waals surface area contributed by atoms with Crippen molar-refractivity contribution < 1.29 is 4.74 Å². The first kappa shape index (κ1) is 12.8. The third-order valence-corrected chi connectivity index (χ3v) is 4.02. The van der Waals surface area contributed by atoms with Crippen molar-refractivity contribution in [1.82, 2.24) is 14.9 Å². The van der Waals surface area contributed by atoms with Crippen molar-refractivity contribution in [2.75, 3.05) is 44.7 Å². The third kappa shape index (κ3) is 3.42. The second-order valence-corrected chi connectivity index (χ2v) is 5.83. The molecule has 1 saturated carbocycles. The zero-order chi connectivity index (χ0) is 13.1. The molecule has 1 aromatic heterocycles. The van der Waals surface area contributed by atoms with E-state index in [-0.39, 0.29) is 0 Å². The smallest absolute Gasteiger partial charge is 0.222 e. The molecule has 2 fully saturated rings. The van der Waals surface area contributed by atoms with Gasteiger partial charge in [-0.05, 0) is 25.3 Å². The summed E-state index contributed by atoms with van der Waals surface area (Å²) >= 11 is 0. The Morgan fingerprint density at radius 1 is 1.26 bits per heavy atom. The van der Waals surface area contributed by atoms with E-state index in [4.69, 9.17) is 4.74 Å². The topological polar surface area (TPSA) is 50.3 Å². The van der Waals surface area contributed by atoms with Crippen LogP contribution in [0.1, 0.15) is 18.4 Å². The van der Waals surface area contributed by atoms with E-state index in [1.54, 1.807) is 0 Å². The summed E-state index contributed by atoms with van der Waals surface area (Å²) in [4.78, 5) is 11.1. The number of hydrogen-bond donors (Lipinski definition) is 1. The van der Waals surface area contributed by atoms with Crippen molar-refractivity contribution in [3.05, 3.63) is 18.0 Å². The van der Waals surface area contributed by atoms with Crippen molar-refractivity contribution in [2.45, 2.75) is 19.8 Å². The molecule has 0 aromatic carbocycles. The highest BCUT2D eigenvalue weighted by Crippen LogP contribution is 2.46. The van der Waals surface area contributed by atoms with Crippen LogP contribution in [0.25, 0.3) is 0 Å². The van der Waals surface area contributed by atoms with Crippen LogP contribution in [0, 0.1) is 12.3 Å². The molecule has 0 bridgehead atoms. The van der Waals surface area contributed by atoms with Crippen LogP contribution in [0.2, 0.25) is 0 Å². The Hall–Kier alpha value is -1.20. The van der Waals surface area contributed by atoms with Crippen LogP contribution in [-0.2, 0) is 4.74 Å². The molecular formula is C14H22N4O. The van der Waals surface area contributed by atoms with Crippen LogP contribution in [-0.4, -0.2) is 54.3 Å². The van der Waals surface area contributed by atoms with Crippen LogP contribution >= 0.6 is 0 Å². The van der Waals surface area contributed by atoms with Gasteiger partial charge in [0.05, 0.1) is 13.2 Å². The maximum Gasteiger partial charge on any atom is 0.222 e. The monoisotopic (exact) mass is 262 g/mol. The quantitative estimate of drug-likeness (QED) is 0.867. The van der Waals surface area contributed by atoms with Crippen LogP contribution < -0.4 is 5.32 Å². The van der Waals surface area contributed by atoms with Gasteiger partial charge in [0.2, 0.25) is 5.95 Å². The summed E-state index contributed by atoms with van der Waals surface area (Å²) in [6.07, 6.45) is 6.33. The molecular weight excluding hydrogens is 240 g/mol. The average molecular weight is 262 g/mol. The Kier molecular flexibility index (Phi) is 3.66. The number of aryl methyl sites for hydroxylation is 1. The Balaban J connectivity index is 1.49. The van der Waals surface area contributed by atoms with Gasteiger partial charge >= 0.3 is 0 Å². The van der Waals surface area contributed by atoms with Crippen molar-refractivity contribution in [1.29, 1.82) is 0 Å². The molecule has 1 N–H and O–H groups in total. The van der Waals surface area contributed by atoms with Crippen molar-refractivity contribution >= 4 is 5.95 Å². The zero-order valence-electron chi connectivity index (χ0n) is 11.6. The minimum atomic E-state index is 0.436. The minimum absolute atomic E-state index is 0.436. The summed E-state index contributed by atoms with van der Waals surface area (Å²) in [5, 5.41) is 3.38. The normalized spacial score (nSPS) is 22.2. The van der Waals surface area contributed by atoms with Crippen LogP contribution in [0.15, 0.2) is 12.4 Å². The number of nitrogens with zero attached hydrogens (tertiary/aromatic N) is 3. The predicted octanol–water partition coefficient (Wildman–Crippen LogP) is 1.31. The summed E-state index contributed by atoms with van der Waals surface area (Å²) in [5.74, 6) is 0.749. The SMILES string of the molecule is Cc1cnc(NCC2(CN3CCOCC3)CC2)nc1. The van der Waals surface area contributed by atoms with E-state index in [9.17, 15) is 0 Å². The molecule has 1 aromatic rings. The van der Waals surface area contributed by atoms with Crippen LogP contribution in [0.5, 0.6) is 0 Å². The molecule has 1 aliphatic heterocycles. The van der Waals surface area contributed by atoms with Crippen LogP contribution in [0.3, 0.4) is 0 Å². The van der Waals surface area contributed by atoms with Crippen molar-refractivity contribution in [3.63, 3.8) is 0 Å². The van der Waals surface area contributed by atoms with E-state index in [1.807, 2.05) is 19.3 Å². The second-order valence-electron chi connectivity index (χ2n) is 5.83. The average Bonchev–Trinajstić information content (AvgIpc) is 3.19. The van der Waals surface area contributed by atoms with Gasteiger partial charge in [-0.2, -0.15) is 0 Å². The molecule has 5 heteroatoms. The molecule has 0 amide bonds. The van der Waals surface area contributed by atoms with Gasteiger partial charge in [-0.3, -0.25) is 4.90 Å². The lowest BCUT2D eigenvalue weighted by molar-refractivity contribution is 0.0294. The van der Waals surface area contributed by atoms with Crippen molar-refractivity contribution in [2.24, 2.45) is 5.41 Å². The largest absolute Gasteiger partial charge is 0.379 e. The molecule has 5 nitrogen and oxygen atoms in total. The summed E-state index contributed by atoms with van der Waals surface area (Å²) in [5.41, 5.74) is 1.53. The van der Waals surface area contributed by atoms with E-state index < -0.39 is 0 Å². The predicted molar refractivity (Wildman–Crippen MR) is 74.2 cm³/mol. The first-order chi connectivity index (χ1) is 9.26. The van der Waals surface area contributed by atoms with E-state index in [0.29, 0.717) is 5.41 Å². The number of anilines is 1. The number of rotatable bonds is 5. The number of hydrogen-bond acceptors (Lipinski definition) is 5. The first-order valence-electron chi connectivity index (χ1n) is 7.08. The molecule has 0 atom stereocenters. The molecule has 19 heavy (non-hydrogen) atoms. The van der Waals surface area contributed by atoms with Gasteiger partial charge in [0.1, 0.15) is 0 Å². The Morgan fingerprint density at radius 3 is 2.58 bits per heavy atom. The van der Waals surface area contributed by atoms with Crippen LogP contribution in [0.4, 0.5) is 5.95 Å². The number of nitrogens with one attached hydrogen (secondary N) is 1. The summed E-state index contributed by atoms with van der Waals surface area (Å²) in [6.45, 7) is 8.06. The highest BCUT2D eigenvalue weighted by Gasteiger charge is 2.43. The lowest BCUT2D eigenvalue weighted by Gasteiger charge is -2.30. The minimum Gasteiger partial charge on any atom is -0.379 e. The van der Waals surface area contributed by atoms with E-state index in [0.717, 1.165) is 44.4 Å².